The zero-order chi connectivity index (χ0) is 16.2. The van der Waals surface area contributed by atoms with Crippen LogP contribution in [0.3, 0.4) is 0 Å². The van der Waals surface area contributed by atoms with E-state index in [9.17, 15) is 4.79 Å². The third-order valence-electron chi connectivity index (χ3n) is 2.73. The van der Waals surface area contributed by atoms with E-state index in [1.807, 2.05) is 0 Å². The molecule has 8 nitrogen and oxygen atoms in total. The fourth-order valence-corrected chi connectivity index (χ4v) is 2.18. The van der Waals surface area contributed by atoms with Crippen LogP contribution in [0.2, 0.25) is 10.0 Å². The van der Waals surface area contributed by atoms with Crippen LogP contribution >= 0.6 is 23.2 Å². The average Bonchev–Trinajstić information content (AvgIpc) is 3.05. The van der Waals surface area contributed by atoms with Gasteiger partial charge in [0, 0.05) is 11.1 Å². The van der Waals surface area contributed by atoms with Crippen molar-refractivity contribution in [3.05, 3.63) is 53.3 Å². The standard InChI is InChI=1S/C13H9Cl2N7O/c14-8-1-2-10(9(15)3-8)20-13(23)21-11-4-12(18-6-17-11)22-7-16-5-19-22/h1-7H,(H2,17,18,20,21,23). The highest BCUT2D eigenvalue weighted by atomic mass is 35.5. The number of nitrogens with one attached hydrogen (secondary N) is 2. The van der Waals surface area contributed by atoms with Gasteiger partial charge in [0.25, 0.3) is 0 Å². The van der Waals surface area contributed by atoms with E-state index in [2.05, 4.69) is 30.7 Å². The summed E-state index contributed by atoms with van der Waals surface area (Å²) in [5.74, 6) is 0.769. The number of aromatic nitrogens is 5. The first-order valence-electron chi connectivity index (χ1n) is 6.32. The summed E-state index contributed by atoms with van der Waals surface area (Å²) in [6.07, 6.45) is 4.17. The van der Waals surface area contributed by atoms with Crippen LogP contribution in [0, 0.1) is 0 Å². The second-order valence-corrected chi connectivity index (χ2v) is 5.15. The van der Waals surface area contributed by atoms with Gasteiger partial charge in [0.05, 0.1) is 10.7 Å². The van der Waals surface area contributed by atoms with Crippen LogP contribution in [0.15, 0.2) is 43.2 Å². The van der Waals surface area contributed by atoms with Gasteiger partial charge in [0.1, 0.15) is 24.8 Å². The monoisotopic (exact) mass is 349 g/mol. The summed E-state index contributed by atoms with van der Waals surface area (Å²) >= 11 is 11.8. The fraction of sp³-hybridized carbons (Fsp3) is 0. The van der Waals surface area contributed by atoms with E-state index in [4.69, 9.17) is 23.2 Å². The number of anilines is 2. The van der Waals surface area contributed by atoms with Gasteiger partial charge in [0.15, 0.2) is 5.82 Å². The number of nitrogens with zero attached hydrogens (tertiary/aromatic N) is 5. The summed E-state index contributed by atoms with van der Waals surface area (Å²) in [6, 6.07) is 5.81. The van der Waals surface area contributed by atoms with Gasteiger partial charge < -0.3 is 5.32 Å². The molecule has 0 atom stereocenters. The number of amides is 2. The molecule has 0 aliphatic carbocycles. The molecule has 1 aromatic carbocycles. The van der Waals surface area contributed by atoms with Gasteiger partial charge in [-0.2, -0.15) is 5.10 Å². The molecule has 2 heterocycles. The minimum Gasteiger partial charge on any atom is -0.306 e. The summed E-state index contributed by atoms with van der Waals surface area (Å²) in [6.45, 7) is 0. The van der Waals surface area contributed by atoms with Crippen molar-refractivity contribution in [1.82, 2.24) is 24.7 Å². The molecule has 0 radical (unpaired) electrons. The smallest absolute Gasteiger partial charge is 0.306 e. The quantitative estimate of drug-likeness (QED) is 0.757. The number of urea groups is 1. The summed E-state index contributed by atoms with van der Waals surface area (Å²) < 4.78 is 1.45. The minimum atomic E-state index is -0.502. The first-order chi connectivity index (χ1) is 11.1. The topological polar surface area (TPSA) is 97.6 Å². The van der Waals surface area contributed by atoms with Crippen molar-refractivity contribution in [2.24, 2.45) is 0 Å². The van der Waals surface area contributed by atoms with Crippen LogP contribution in [0.25, 0.3) is 5.82 Å². The predicted octanol–water partition coefficient (Wildman–Crippen LogP) is 3.01. The van der Waals surface area contributed by atoms with E-state index in [-0.39, 0.29) is 0 Å². The Bertz CT molecular complexity index is 838. The summed E-state index contributed by atoms with van der Waals surface area (Å²) in [4.78, 5) is 23.8. The van der Waals surface area contributed by atoms with Crippen LogP contribution in [0.5, 0.6) is 0 Å². The first kappa shape index (κ1) is 15.2. The molecule has 0 saturated heterocycles. The van der Waals surface area contributed by atoms with Crippen molar-refractivity contribution < 1.29 is 4.79 Å². The number of halogens is 2. The summed E-state index contributed by atoms with van der Waals surface area (Å²) in [7, 11) is 0. The molecule has 0 aliphatic heterocycles. The second kappa shape index (κ2) is 6.59. The minimum absolute atomic E-state index is 0.299. The van der Waals surface area contributed by atoms with Crippen molar-refractivity contribution in [3.63, 3.8) is 0 Å². The SMILES string of the molecule is O=C(Nc1cc(-n2cncn2)ncn1)Nc1ccc(Cl)cc1Cl. The number of carbonyl (C=O) groups excluding carboxylic acids is 1. The molecule has 3 rings (SSSR count). The van der Waals surface area contributed by atoms with Crippen LogP contribution in [0.4, 0.5) is 16.3 Å². The Morgan fingerprint density at radius 3 is 2.70 bits per heavy atom. The molecule has 2 amide bonds. The maximum atomic E-state index is 12.0. The van der Waals surface area contributed by atoms with E-state index in [1.165, 1.54) is 29.7 Å². The van der Waals surface area contributed by atoms with E-state index in [1.54, 1.807) is 18.2 Å². The highest BCUT2D eigenvalue weighted by Gasteiger charge is 2.08. The Balaban J connectivity index is 1.72. The number of hydrogen-bond acceptors (Lipinski definition) is 5. The third-order valence-corrected chi connectivity index (χ3v) is 3.27. The maximum absolute atomic E-state index is 12.0. The highest BCUT2D eigenvalue weighted by Crippen LogP contribution is 2.25. The number of carbonyl (C=O) groups is 1. The van der Waals surface area contributed by atoms with Crippen LogP contribution in [-0.2, 0) is 0 Å². The van der Waals surface area contributed by atoms with Gasteiger partial charge in [-0.1, -0.05) is 23.2 Å². The van der Waals surface area contributed by atoms with Gasteiger partial charge in [-0.3, -0.25) is 5.32 Å². The largest absolute Gasteiger partial charge is 0.324 e. The fourth-order valence-electron chi connectivity index (χ4n) is 1.73. The predicted molar refractivity (Wildman–Crippen MR) is 86.1 cm³/mol. The lowest BCUT2D eigenvalue weighted by Gasteiger charge is -2.09. The molecule has 3 aromatic rings. The highest BCUT2D eigenvalue weighted by molar-refractivity contribution is 6.36. The molecule has 0 aliphatic rings. The van der Waals surface area contributed by atoms with Crippen LogP contribution in [-0.4, -0.2) is 30.8 Å². The van der Waals surface area contributed by atoms with Crippen LogP contribution in [0.1, 0.15) is 0 Å². The Kier molecular flexibility index (Phi) is 4.35. The lowest BCUT2D eigenvalue weighted by atomic mass is 10.3. The van der Waals surface area contributed by atoms with Gasteiger partial charge in [-0.05, 0) is 18.2 Å². The summed E-state index contributed by atoms with van der Waals surface area (Å²) in [5, 5.41) is 9.95. The van der Waals surface area contributed by atoms with E-state index in [0.717, 1.165) is 0 Å². The van der Waals surface area contributed by atoms with Crippen molar-refractivity contribution in [3.8, 4) is 5.82 Å². The van der Waals surface area contributed by atoms with Gasteiger partial charge >= 0.3 is 6.03 Å². The van der Waals surface area contributed by atoms with E-state index in [0.29, 0.717) is 27.4 Å². The molecule has 0 fully saturated rings. The number of rotatable bonds is 3. The number of benzene rings is 1. The zero-order valence-corrected chi connectivity index (χ0v) is 13.0. The molecule has 0 spiro atoms. The Hall–Kier alpha value is -2.71. The molecular weight excluding hydrogens is 341 g/mol. The van der Waals surface area contributed by atoms with Crippen molar-refractivity contribution >= 4 is 40.7 Å². The van der Waals surface area contributed by atoms with Gasteiger partial charge in [-0.25, -0.2) is 24.4 Å². The van der Waals surface area contributed by atoms with E-state index >= 15 is 0 Å². The molecule has 0 unspecified atom stereocenters. The second-order valence-electron chi connectivity index (χ2n) is 4.30. The average molecular weight is 350 g/mol. The molecule has 2 aromatic heterocycles. The molecule has 23 heavy (non-hydrogen) atoms. The molecule has 116 valence electrons. The van der Waals surface area contributed by atoms with Gasteiger partial charge in [-0.15, -0.1) is 0 Å². The Morgan fingerprint density at radius 1 is 1.09 bits per heavy atom. The normalized spacial score (nSPS) is 10.3. The molecular formula is C13H9Cl2N7O. The zero-order valence-electron chi connectivity index (χ0n) is 11.4. The molecule has 0 bridgehead atoms. The molecule has 2 N–H and O–H groups in total. The Labute approximate surface area is 140 Å². The van der Waals surface area contributed by atoms with Crippen molar-refractivity contribution in [2.45, 2.75) is 0 Å². The van der Waals surface area contributed by atoms with Crippen molar-refractivity contribution in [2.75, 3.05) is 10.6 Å². The van der Waals surface area contributed by atoms with Crippen LogP contribution < -0.4 is 10.6 Å². The Morgan fingerprint density at radius 2 is 1.96 bits per heavy atom. The van der Waals surface area contributed by atoms with Gasteiger partial charge in [0.2, 0.25) is 0 Å². The molecule has 10 heteroatoms. The lowest BCUT2D eigenvalue weighted by molar-refractivity contribution is 0.262. The number of hydrogen-bond donors (Lipinski definition) is 2. The maximum Gasteiger partial charge on any atom is 0.324 e. The van der Waals surface area contributed by atoms with Crippen molar-refractivity contribution in [1.29, 1.82) is 0 Å². The lowest BCUT2D eigenvalue weighted by Crippen LogP contribution is -2.20. The summed E-state index contributed by atoms with van der Waals surface area (Å²) in [5.41, 5.74) is 0.430. The third kappa shape index (κ3) is 3.74. The van der Waals surface area contributed by atoms with E-state index < -0.39 is 6.03 Å². The molecule has 0 saturated carbocycles. The first-order valence-corrected chi connectivity index (χ1v) is 7.07.